The summed E-state index contributed by atoms with van der Waals surface area (Å²) in [5.41, 5.74) is 0. The number of nitrogens with zero attached hydrogens (tertiary/aromatic N) is 3. The number of nitriles is 1. The average Bonchev–Trinajstić information content (AvgIpc) is 2.51. The zero-order chi connectivity index (χ0) is 9.14. The molecule has 62 valence electrons. The Hall–Kier alpha value is -1.90. The third-order valence-electron chi connectivity index (χ3n) is 1.38. The number of aromatic amines is 1. The van der Waals surface area contributed by atoms with Crippen LogP contribution in [0.25, 0.3) is 0 Å². The number of nitro groups is 1. The van der Waals surface area contributed by atoms with Crippen LogP contribution in [-0.2, 0) is 0 Å². The van der Waals surface area contributed by atoms with E-state index in [4.69, 9.17) is 5.26 Å². The fraction of sp³-hybridized carbons (Fsp3) is 0.333. The SMILES string of the molecule is CC(C#N)c1ncc([N+](=O)[O-])[nH]1. The molecule has 12 heavy (non-hydrogen) atoms. The van der Waals surface area contributed by atoms with Crippen molar-refractivity contribution in [1.82, 2.24) is 9.97 Å². The Balaban J connectivity index is 2.93. The van der Waals surface area contributed by atoms with Crippen molar-refractivity contribution in [2.24, 2.45) is 0 Å². The van der Waals surface area contributed by atoms with Crippen LogP contribution in [0.4, 0.5) is 5.82 Å². The van der Waals surface area contributed by atoms with Gasteiger partial charge in [-0.3, -0.25) is 0 Å². The predicted molar refractivity (Wildman–Crippen MR) is 39.3 cm³/mol. The zero-order valence-corrected chi connectivity index (χ0v) is 6.31. The number of rotatable bonds is 2. The normalized spacial score (nSPS) is 12.0. The number of hydrogen-bond acceptors (Lipinski definition) is 4. The van der Waals surface area contributed by atoms with E-state index in [1.807, 2.05) is 6.07 Å². The lowest BCUT2D eigenvalue weighted by atomic mass is 10.2. The maximum atomic E-state index is 10.2. The van der Waals surface area contributed by atoms with Gasteiger partial charge < -0.3 is 10.1 Å². The lowest BCUT2D eigenvalue weighted by Gasteiger charge is -1.90. The summed E-state index contributed by atoms with van der Waals surface area (Å²) in [6.07, 6.45) is 1.10. The van der Waals surface area contributed by atoms with Crippen LogP contribution in [0.1, 0.15) is 18.7 Å². The first-order valence-electron chi connectivity index (χ1n) is 3.24. The summed E-state index contributed by atoms with van der Waals surface area (Å²) in [7, 11) is 0. The van der Waals surface area contributed by atoms with Gasteiger partial charge in [-0.2, -0.15) is 5.26 Å². The zero-order valence-electron chi connectivity index (χ0n) is 6.31. The highest BCUT2D eigenvalue weighted by Gasteiger charge is 2.15. The summed E-state index contributed by atoms with van der Waals surface area (Å²) in [4.78, 5) is 15.7. The van der Waals surface area contributed by atoms with E-state index in [2.05, 4.69) is 9.97 Å². The van der Waals surface area contributed by atoms with Gasteiger partial charge in [-0.05, 0) is 11.8 Å². The second-order valence-corrected chi connectivity index (χ2v) is 2.26. The minimum atomic E-state index is -0.583. The molecule has 6 nitrogen and oxygen atoms in total. The van der Waals surface area contributed by atoms with Crippen LogP contribution in [-0.4, -0.2) is 14.9 Å². The van der Waals surface area contributed by atoms with Crippen LogP contribution in [0.15, 0.2) is 6.20 Å². The molecule has 1 N–H and O–H groups in total. The van der Waals surface area contributed by atoms with E-state index in [0.29, 0.717) is 5.82 Å². The molecule has 0 aliphatic rings. The lowest BCUT2D eigenvalue weighted by molar-refractivity contribution is -0.389. The van der Waals surface area contributed by atoms with E-state index in [1.54, 1.807) is 6.92 Å². The molecule has 0 aromatic carbocycles. The Labute approximate surface area is 68.0 Å². The van der Waals surface area contributed by atoms with Gasteiger partial charge in [0, 0.05) is 0 Å². The standard InChI is InChI=1S/C6H6N4O2/c1-4(2-7)6-8-3-5(9-6)10(11)12/h3-4H,1H3,(H,8,9). The maximum Gasteiger partial charge on any atom is 0.340 e. The molecule has 0 spiro atoms. The molecule has 0 fully saturated rings. The molecule has 0 radical (unpaired) electrons. The third-order valence-corrected chi connectivity index (χ3v) is 1.38. The average molecular weight is 166 g/mol. The Morgan fingerprint density at radius 3 is 3.00 bits per heavy atom. The second kappa shape index (κ2) is 3.00. The van der Waals surface area contributed by atoms with Gasteiger partial charge in [0.1, 0.15) is 12.1 Å². The number of aromatic nitrogens is 2. The smallest absolute Gasteiger partial charge is 0.340 e. The molecule has 0 aliphatic carbocycles. The first-order valence-corrected chi connectivity index (χ1v) is 3.24. The first-order chi connectivity index (χ1) is 5.65. The van der Waals surface area contributed by atoms with E-state index < -0.39 is 10.8 Å². The van der Waals surface area contributed by atoms with Crippen LogP contribution in [0.3, 0.4) is 0 Å². The monoisotopic (exact) mass is 166 g/mol. The maximum absolute atomic E-state index is 10.2. The van der Waals surface area contributed by atoms with E-state index in [0.717, 1.165) is 6.20 Å². The summed E-state index contributed by atoms with van der Waals surface area (Å²) in [5.74, 6) is -0.310. The quantitative estimate of drug-likeness (QED) is 0.522. The Bertz CT molecular complexity index is 338. The van der Waals surface area contributed by atoms with Crippen molar-refractivity contribution >= 4 is 5.82 Å². The van der Waals surface area contributed by atoms with Gasteiger partial charge in [0.15, 0.2) is 0 Å². The van der Waals surface area contributed by atoms with Crippen molar-refractivity contribution in [3.8, 4) is 6.07 Å². The highest BCUT2D eigenvalue weighted by molar-refractivity contribution is 5.19. The van der Waals surface area contributed by atoms with Crippen molar-refractivity contribution < 1.29 is 4.92 Å². The van der Waals surface area contributed by atoms with Gasteiger partial charge in [0.2, 0.25) is 5.82 Å². The van der Waals surface area contributed by atoms with Gasteiger partial charge in [-0.15, -0.1) is 0 Å². The molecule has 1 rings (SSSR count). The molecular formula is C6H6N4O2. The van der Waals surface area contributed by atoms with Crippen molar-refractivity contribution in [3.05, 3.63) is 22.1 Å². The Morgan fingerprint density at radius 1 is 1.92 bits per heavy atom. The van der Waals surface area contributed by atoms with Crippen molar-refractivity contribution in [2.75, 3.05) is 0 Å². The molecule has 1 aromatic heterocycles. The molecule has 1 unspecified atom stereocenters. The minimum absolute atomic E-state index is 0.188. The topological polar surface area (TPSA) is 95.6 Å². The van der Waals surface area contributed by atoms with Crippen LogP contribution in [0.2, 0.25) is 0 Å². The highest BCUT2D eigenvalue weighted by atomic mass is 16.6. The Morgan fingerprint density at radius 2 is 2.58 bits per heavy atom. The summed E-state index contributed by atoms with van der Waals surface area (Å²) in [5, 5.41) is 18.6. The van der Waals surface area contributed by atoms with Crippen molar-refractivity contribution in [2.45, 2.75) is 12.8 Å². The minimum Gasteiger partial charge on any atom is -0.358 e. The fourth-order valence-electron chi connectivity index (χ4n) is 0.700. The fourth-order valence-corrected chi connectivity index (χ4v) is 0.700. The van der Waals surface area contributed by atoms with Crippen LogP contribution >= 0.6 is 0 Å². The van der Waals surface area contributed by atoms with Gasteiger partial charge in [0.05, 0.1) is 6.07 Å². The largest absolute Gasteiger partial charge is 0.358 e. The summed E-state index contributed by atoms with van der Waals surface area (Å²) in [6, 6.07) is 1.92. The van der Waals surface area contributed by atoms with Crippen molar-refractivity contribution in [1.29, 1.82) is 5.26 Å². The van der Waals surface area contributed by atoms with Gasteiger partial charge in [0.25, 0.3) is 0 Å². The van der Waals surface area contributed by atoms with E-state index >= 15 is 0 Å². The number of hydrogen-bond donors (Lipinski definition) is 1. The summed E-state index contributed by atoms with van der Waals surface area (Å²) < 4.78 is 0. The molecule has 6 heteroatoms. The third kappa shape index (κ3) is 1.40. The van der Waals surface area contributed by atoms with Crippen LogP contribution in [0.5, 0.6) is 0 Å². The number of nitrogens with one attached hydrogen (secondary N) is 1. The predicted octanol–water partition coefficient (Wildman–Crippen LogP) is 0.945. The molecular weight excluding hydrogens is 160 g/mol. The molecule has 0 saturated carbocycles. The lowest BCUT2D eigenvalue weighted by Crippen LogP contribution is -1.93. The van der Waals surface area contributed by atoms with Gasteiger partial charge in [-0.1, -0.05) is 0 Å². The number of H-pyrrole nitrogens is 1. The molecule has 0 amide bonds. The molecule has 0 bridgehead atoms. The highest BCUT2D eigenvalue weighted by Crippen LogP contribution is 2.13. The van der Waals surface area contributed by atoms with E-state index in [-0.39, 0.29) is 5.82 Å². The van der Waals surface area contributed by atoms with Gasteiger partial charge >= 0.3 is 5.82 Å². The molecule has 1 atom stereocenters. The first kappa shape index (κ1) is 8.20. The van der Waals surface area contributed by atoms with Gasteiger partial charge in [-0.25, -0.2) is 9.97 Å². The summed E-state index contributed by atoms with van der Waals surface area (Å²) >= 11 is 0. The molecule has 1 heterocycles. The van der Waals surface area contributed by atoms with Crippen LogP contribution < -0.4 is 0 Å². The molecule has 0 saturated heterocycles. The second-order valence-electron chi connectivity index (χ2n) is 2.26. The van der Waals surface area contributed by atoms with E-state index in [1.165, 1.54) is 0 Å². The Kier molecular flexibility index (Phi) is 2.05. The molecule has 0 aliphatic heterocycles. The molecule has 1 aromatic rings. The number of imidazole rings is 1. The van der Waals surface area contributed by atoms with Crippen LogP contribution in [0, 0.1) is 21.4 Å². The summed E-state index contributed by atoms with van der Waals surface area (Å²) in [6.45, 7) is 1.61. The van der Waals surface area contributed by atoms with E-state index in [9.17, 15) is 10.1 Å². The van der Waals surface area contributed by atoms with Crippen molar-refractivity contribution in [3.63, 3.8) is 0 Å².